The highest BCUT2D eigenvalue weighted by Crippen LogP contribution is 2.41. The van der Waals surface area contributed by atoms with Crippen LogP contribution in [0, 0.1) is 0 Å². The van der Waals surface area contributed by atoms with Gasteiger partial charge in [0, 0.05) is 11.6 Å². The smallest absolute Gasteiger partial charge is 0.157 e. The summed E-state index contributed by atoms with van der Waals surface area (Å²) in [4.78, 5) is 5.14. The molecule has 0 aliphatic heterocycles. The monoisotopic (exact) mass is 373 g/mol. The average molecular weight is 374 g/mol. The maximum absolute atomic E-state index is 6.44. The molecule has 24 heavy (non-hydrogen) atoms. The van der Waals surface area contributed by atoms with Crippen molar-refractivity contribution < 1.29 is 14.3 Å². The first-order valence-corrected chi connectivity index (χ1v) is 8.77. The summed E-state index contributed by atoms with van der Waals surface area (Å²) in [6.07, 6.45) is 4.06. The van der Waals surface area contributed by atoms with Crippen LogP contribution in [0.25, 0.3) is 0 Å². The van der Waals surface area contributed by atoms with Gasteiger partial charge >= 0.3 is 0 Å². The van der Waals surface area contributed by atoms with Crippen LogP contribution in [0.5, 0.6) is 11.5 Å². The Morgan fingerprint density at radius 1 is 1.21 bits per heavy atom. The number of halogens is 2. The summed E-state index contributed by atoms with van der Waals surface area (Å²) >= 11 is 12.7. The maximum Gasteiger partial charge on any atom is 0.157 e. The SMILES string of the molecule is C=CCOc1cc(Cl)c(OCCCCON=C(C)C)c(Cl)c1CC. The van der Waals surface area contributed by atoms with Gasteiger partial charge in [0.1, 0.15) is 19.0 Å². The summed E-state index contributed by atoms with van der Waals surface area (Å²) in [6, 6.07) is 1.74. The second kappa shape index (κ2) is 11.2. The molecule has 0 atom stereocenters. The molecule has 0 saturated carbocycles. The van der Waals surface area contributed by atoms with Gasteiger partial charge < -0.3 is 14.3 Å². The van der Waals surface area contributed by atoms with E-state index in [1.807, 2.05) is 20.8 Å². The molecule has 1 rings (SSSR count). The summed E-state index contributed by atoms with van der Waals surface area (Å²) in [6.45, 7) is 10.9. The molecule has 0 spiro atoms. The van der Waals surface area contributed by atoms with Crippen LogP contribution in [0.4, 0.5) is 0 Å². The summed E-state index contributed by atoms with van der Waals surface area (Å²) in [5.41, 5.74) is 1.78. The van der Waals surface area contributed by atoms with Gasteiger partial charge in [-0.25, -0.2) is 0 Å². The van der Waals surface area contributed by atoms with Crippen molar-refractivity contribution in [2.45, 2.75) is 40.0 Å². The number of unbranched alkanes of at least 4 members (excludes halogenated alkanes) is 1. The van der Waals surface area contributed by atoms with E-state index in [4.69, 9.17) is 37.5 Å². The standard InChI is InChI=1S/C18H25Cl2NO3/c1-5-9-22-16-12-15(19)18(17(20)14(16)6-2)23-10-7-8-11-24-21-13(3)4/h5,12H,1,6-11H2,2-4H3. The summed E-state index contributed by atoms with van der Waals surface area (Å²) in [5.74, 6) is 1.17. The molecule has 4 nitrogen and oxygen atoms in total. The molecule has 134 valence electrons. The second-order valence-electron chi connectivity index (χ2n) is 5.36. The van der Waals surface area contributed by atoms with Crippen LogP contribution in [-0.2, 0) is 11.3 Å². The Labute approximate surface area is 154 Å². The fourth-order valence-corrected chi connectivity index (χ4v) is 2.65. The third kappa shape index (κ3) is 6.62. The number of hydrogen-bond donors (Lipinski definition) is 0. The van der Waals surface area contributed by atoms with Crippen molar-refractivity contribution in [3.8, 4) is 11.5 Å². The number of rotatable bonds is 11. The first-order chi connectivity index (χ1) is 11.5. The van der Waals surface area contributed by atoms with Crippen molar-refractivity contribution in [1.29, 1.82) is 0 Å². The average Bonchev–Trinajstić information content (AvgIpc) is 2.54. The van der Waals surface area contributed by atoms with Crippen molar-refractivity contribution in [2.75, 3.05) is 19.8 Å². The normalized spacial score (nSPS) is 10.2. The zero-order chi connectivity index (χ0) is 17.9. The van der Waals surface area contributed by atoms with Gasteiger partial charge in [0.2, 0.25) is 0 Å². The number of benzene rings is 1. The van der Waals surface area contributed by atoms with E-state index in [0.717, 1.165) is 30.5 Å². The van der Waals surface area contributed by atoms with Crippen LogP contribution in [-0.4, -0.2) is 25.5 Å². The predicted octanol–water partition coefficient (Wildman–Crippen LogP) is 5.69. The van der Waals surface area contributed by atoms with Gasteiger partial charge in [-0.1, -0.05) is 47.9 Å². The lowest BCUT2D eigenvalue weighted by Crippen LogP contribution is -2.04. The van der Waals surface area contributed by atoms with Gasteiger partial charge in [0.15, 0.2) is 5.75 Å². The van der Waals surface area contributed by atoms with Crippen molar-refractivity contribution >= 4 is 28.9 Å². The van der Waals surface area contributed by atoms with Gasteiger partial charge in [-0.05, 0) is 33.1 Å². The van der Waals surface area contributed by atoms with Crippen molar-refractivity contribution in [1.82, 2.24) is 0 Å². The number of hydrogen-bond acceptors (Lipinski definition) is 4. The van der Waals surface area contributed by atoms with E-state index in [2.05, 4.69) is 11.7 Å². The Morgan fingerprint density at radius 2 is 1.92 bits per heavy atom. The number of nitrogens with zero attached hydrogens (tertiary/aromatic N) is 1. The fourth-order valence-electron chi connectivity index (χ4n) is 1.97. The molecule has 0 unspecified atom stereocenters. The lowest BCUT2D eigenvalue weighted by molar-refractivity contribution is 0.135. The minimum absolute atomic E-state index is 0.402. The van der Waals surface area contributed by atoms with Crippen LogP contribution in [0.2, 0.25) is 10.0 Å². The largest absolute Gasteiger partial charge is 0.490 e. The molecule has 0 bridgehead atoms. The van der Waals surface area contributed by atoms with Crippen LogP contribution < -0.4 is 9.47 Å². The second-order valence-corrected chi connectivity index (χ2v) is 6.14. The Balaban J connectivity index is 2.61. The highest BCUT2D eigenvalue weighted by molar-refractivity contribution is 6.38. The lowest BCUT2D eigenvalue weighted by atomic mass is 10.1. The number of oxime groups is 1. The zero-order valence-electron chi connectivity index (χ0n) is 14.5. The first-order valence-electron chi connectivity index (χ1n) is 8.01. The molecule has 0 aliphatic carbocycles. The van der Waals surface area contributed by atoms with Crippen LogP contribution in [0.1, 0.15) is 39.2 Å². The highest BCUT2D eigenvalue weighted by atomic mass is 35.5. The van der Waals surface area contributed by atoms with Gasteiger partial charge in [-0.3, -0.25) is 0 Å². The van der Waals surface area contributed by atoms with Gasteiger partial charge in [-0.15, -0.1) is 0 Å². The van der Waals surface area contributed by atoms with E-state index >= 15 is 0 Å². The molecule has 1 aromatic carbocycles. The first kappa shape index (κ1) is 20.7. The molecular formula is C18H25Cl2NO3. The molecule has 0 saturated heterocycles. The lowest BCUT2D eigenvalue weighted by Gasteiger charge is -2.16. The van der Waals surface area contributed by atoms with Crippen LogP contribution in [0.15, 0.2) is 23.9 Å². The van der Waals surface area contributed by atoms with Crippen molar-refractivity contribution in [2.24, 2.45) is 5.16 Å². The maximum atomic E-state index is 6.44. The molecule has 0 aromatic heterocycles. The molecule has 0 heterocycles. The molecule has 6 heteroatoms. The summed E-state index contributed by atoms with van der Waals surface area (Å²) in [5, 5.41) is 4.83. The van der Waals surface area contributed by atoms with Gasteiger partial charge in [0.05, 0.1) is 22.4 Å². The van der Waals surface area contributed by atoms with E-state index in [-0.39, 0.29) is 0 Å². The summed E-state index contributed by atoms with van der Waals surface area (Å²) < 4.78 is 11.4. The minimum atomic E-state index is 0.402. The number of ether oxygens (including phenoxy) is 2. The predicted molar refractivity (Wildman–Crippen MR) is 101 cm³/mol. The fraction of sp³-hybridized carbons (Fsp3) is 0.500. The van der Waals surface area contributed by atoms with Crippen molar-refractivity contribution in [3.63, 3.8) is 0 Å². The summed E-state index contributed by atoms with van der Waals surface area (Å²) in [7, 11) is 0. The van der Waals surface area contributed by atoms with E-state index in [1.54, 1.807) is 12.1 Å². The van der Waals surface area contributed by atoms with Crippen molar-refractivity contribution in [3.05, 3.63) is 34.3 Å². The molecule has 0 radical (unpaired) electrons. The third-order valence-electron chi connectivity index (χ3n) is 3.07. The van der Waals surface area contributed by atoms with Crippen LogP contribution >= 0.6 is 23.2 Å². The Bertz CT molecular complexity index is 570. The van der Waals surface area contributed by atoms with E-state index in [9.17, 15) is 0 Å². The molecular weight excluding hydrogens is 349 g/mol. The molecule has 1 aromatic rings. The Hall–Kier alpha value is -1.39. The Morgan fingerprint density at radius 3 is 2.54 bits per heavy atom. The topological polar surface area (TPSA) is 40.0 Å². The zero-order valence-corrected chi connectivity index (χ0v) is 16.0. The molecule has 0 fully saturated rings. The quantitative estimate of drug-likeness (QED) is 0.216. The highest BCUT2D eigenvalue weighted by Gasteiger charge is 2.17. The molecule has 0 amide bonds. The van der Waals surface area contributed by atoms with Crippen LogP contribution in [0.3, 0.4) is 0 Å². The third-order valence-corrected chi connectivity index (χ3v) is 3.75. The molecule has 0 N–H and O–H groups in total. The van der Waals surface area contributed by atoms with E-state index in [1.165, 1.54) is 0 Å². The van der Waals surface area contributed by atoms with E-state index in [0.29, 0.717) is 41.4 Å². The van der Waals surface area contributed by atoms with E-state index < -0.39 is 0 Å². The minimum Gasteiger partial charge on any atom is -0.490 e. The molecule has 0 aliphatic rings. The van der Waals surface area contributed by atoms with Gasteiger partial charge in [0.25, 0.3) is 0 Å². The van der Waals surface area contributed by atoms with Gasteiger partial charge in [-0.2, -0.15) is 0 Å². The Kier molecular flexibility index (Phi) is 9.65.